The Kier molecular flexibility index (Phi) is 4.66. The van der Waals surface area contributed by atoms with Gasteiger partial charge in [0.15, 0.2) is 0 Å². The first kappa shape index (κ1) is 13.4. The molecule has 1 N–H and O–H groups in total. The number of hydrogen-bond donors (Lipinski definition) is 1. The van der Waals surface area contributed by atoms with Gasteiger partial charge in [0.05, 0.1) is 7.11 Å². The summed E-state index contributed by atoms with van der Waals surface area (Å²) in [5, 5.41) is 3.57. The van der Waals surface area contributed by atoms with E-state index in [0.717, 1.165) is 23.8 Å². The molecule has 1 aliphatic carbocycles. The molecule has 3 heteroatoms. The van der Waals surface area contributed by atoms with Crippen molar-refractivity contribution in [2.24, 2.45) is 5.92 Å². The molecule has 1 aliphatic rings. The maximum absolute atomic E-state index is 5.40. The van der Waals surface area contributed by atoms with Crippen LogP contribution < -0.4 is 10.1 Å². The van der Waals surface area contributed by atoms with Crippen molar-refractivity contribution in [1.29, 1.82) is 0 Å². The van der Waals surface area contributed by atoms with Crippen molar-refractivity contribution in [1.82, 2.24) is 0 Å². The van der Waals surface area contributed by atoms with E-state index in [1.807, 2.05) is 5.80 Å². The van der Waals surface area contributed by atoms with Crippen molar-refractivity contribution < 1.29 is 4.74 Å². The first-order valence-corrected chi connectivity index (χ1v) is 7.25. The quantitative estimate of drug-likeness (QED) is 0.813. The second-order valence-corrected chi connectivity index (χ2v) is 5.37. The Morgan fingerprint density at radius 3 is 2.72 bits per heavy atom. The van der Waals surface area contributed by atoms with Crippen molar-refractivity contribution in [2.75, 3.05) is 19.0 Å². The van der Waals surface area contributed by atoms with E-state index in [4.69, 9.17) is 4.74 Å². The fraction of sp³-hybridized carbons (Fsp3) is 0.533. The van der Waals surface area contributed by atoms with E-state index in [9.17, 15) is 0 Å². The van der Waals surface area contributed by atoms with Crippen molar-refractivity contribution in [3.63, 3.8) is 0 Å². The van der Waals surface area contributed by atoms with Crippen LogP contribution in [0.4, 0.5) is 5.69 Å². The largest absolute Gasteiger partial charge is 0.496 e. The molecule has 1 saturated carbocycles. The van der Waals surface area contributed by atoms with Crippen molar-refractivity contribution in [2.45, 2.75) is 32.6 Å². The number of benzene rings is 1. The molecule has 1 aromatic rings. The smallest absolute Gasteiger partial charge is 0.128 e. The lowest BCUT2D eigenvalue weighted by Crippen LogP contribution is -2.12. The molecule has 0 aromatic heterocycles. The van der Waals surface area contributed by atoms with E-state index in [2.05, 4.69) is 33.2 Å². The van der Waals surface area contributed by atoms with Crippen LogP contribution in [0.1, 0.15) is 36.8 Å². The monoisotopic (exact) mass is 263 g/mol. The van der Waals surface area contributed by atoms with Gasteiger partial charge in [-0.3, -0.25) is 0 Å². The summed E-state index contributed by atoms with van der Waals surface area (Å²) in [5.41, 5.74) is 3.53. The number of nitrogens with one attached hydrogen (secondary N) is 1. The molecule has 0 heterocycles. The van der Waals surface area contributed by atoms with Crippen molar-refractivity contribution in [3.05, 3.63) is 23.3 Å². The highest BCUT2D eigenvalue weighted by Crippen LogP contribution is 2.28. The van der Waals surface area contributed by atoms with Gasteiger partial charge in [-0.25, -0.2) is 0 Å². The Bertz CT molecular complexity index is 425. The summed E-state index contributed by atoms with van der Waals surface area (Å²) in [5.74, 6) is 3.65. The topological polar surface area (TPSA) is 21.3 Å². The average molecular weight is 263 g/mol. The summed E-state index contributed by atoms with van der Waals surface area (Å²) in [6.45, 7) is 3.22. The Morgan fingerprint density at radius 2 is 2.11 bits per heavy atom. The zero-order valence-electron chi connectivity index (χ0n) is 11.3. The highest BCUT2D eigenvalue weighted by atomic mass is 31.0. The van der Waals surface area contributed by atoms with Crippen LogP contribution in [0.2, 0.25) is 0 Å². The van der Waals surface area contributed by atoms with Gasteiger partial charge in [0, 0.05) is 23.9 Å². The van der Waals surface area contributed by atoms with Gasteiger partial charge in [0.25, 0.3) is 0 Å². The predicted octanol–water partition coefficient (Wildman–Crippen LogP) is 3.90. The normalized spacial score (nSPS) is 15.7. The molecule has 0 bridgehead atoms. The Labute approximate surface area is 112 Å². The van der Waals surface area contributed by atoms with E-state index in [1.165, 1.54) is 36.9 Å². The molecule has 0 aliphatic heterocycles. The van der Waals surface area contributed by atoms with Crippen LogP contribution in [-0.2, 0) is 0 Å². The molecular weight excluding hydrogens is 241 g/mol. The minimum atomic E-state index is 0.845. The minimum absolute atomic E-state index is 0.845. The maximum Gasteiger partial charge on any atom is 0.128 e. The zero-order valence-corrected chi connectivity index (χ0v) is 12.3. The Hall–Kier alpha value is -1.01. The van der Waals surface area contributed by atoms with E-state index in [1.54, 1.807) is 7.11 Å². The summed E-state index contributed by atoms with van der Waals surface area (Å²) in [7, 11) is 5.14. The summed E-state index contributed by atoms with van der Waals surface area (Å²) in [6, 6.07) is 4.24. The number of rotatable bonds is 5. The molecular formula is C15H22NOP. The van der Waals surface area contributed by atoms with Gasteiger partial charge in [0.2, 0.25) is 0 Å². The molecule has 0 unspecified atom stereocenters. The number of aryl methyl sites for hydroxylation is 1. The molecule has 0 atom stereocenters. The second kappa shape index (κ2) is 6.24. The summed E-state index contributed by atoms with van der Waals surface area (Å²) in [6.07, 6.45) is 5.53. The molecule has 0 saturated heterocycles. The first-order valence-electron chi connectivity index (χ1n) is 6.67. The second-order valence-electron chi connectivity index (χ2n) is 5.08. The summed E-state index contributed by atoms with van der Waals surface area (Å²) in [4.78, 5) is 0. The lowest BCUT2D eigenvalue weighted by atomic mass is 10.1. The molecule has 1 fully saturated rings. The maximum atomic E-state index is 5.40. The minimum Gasteiger partial charge on any atom is -0.496 e. The van der Waals surface area contributed by atoms with Crippen LogP contribution in [0.3, 0.4) is 0 Å². The molecule has 18 heavy (non-hydrogen) atoms. The van der Waals surface area contributed by atoms with Crippen molar-refractivity contribution >= 4 is 20.3 Å². The third kappa shape index (κ3) is 3.05. The number of ether oxygens (including phenoxy) is 1. The highest BCUT2D eigenvalue weighted by Gasteiger charge is 2.15. The van der Waals surface area contributed by atoms with Gasteiger partial charge in [-0.15, -0.1) is 8.86 Å². The predicted molar refractivity (Wildman–Crippen MR) is 81.7 cm³/mol. The third-order valence-corrected chi connectivity index (χ3v) is 4.10. The molecule has 2 nitrogen and oxygen atoms in total. The third-order valence-electron chi connectivity index (χ3n) is 3.79. The summed E-state index contributed by atoms with van der Waals surface area (Å²) >= 11 is 0. The molecule has 1 aromatic carbocycles. The van der Waals surface area contributed by atoms with Crippen LogP contribution in [0.5, 0.6) is 5.75 Å². The van der Waals surface area contributed by atoms with Gasteiger partial charge >= 0.3 is 0 Å². The van der Waals surface area contributed by atoms with E-state index in [0.29, 0.717) is 0 Å². The van der Waals surface area contributed by atoms with E-state index >= 15 is 0 Å². The highest BCUT2D eigenvalue weighted by molar-refractivity contribution is 7.19. The van der Waals surface area contributed by atoms with Gasteiger partial charge < -0.3 is 10.1 Å². The number of hydrogen-bond acceptors (Lipinski definition) is 2. The van der Waals surface area contributed by atoms with E-state index < -0.39 is 0 Å². The van der Waals surface area contributed by atoms with E-state index in [-0.39, 0.29) is 0 Å². The molecule has 0 spiro atoms. The molecule has 0 radical (unpaired) electrons. The fourth-order valence-corrected chi connectivity index (χ4v) is 2.88. The number of methoxy groups -OCH3 is 1. The summed E-state index contributed by atoms with van der Waals surface area (Å²) < 4.78 is 5.40. The van der Waals surface area contributed by atoms with Crippen LogP contribution >= 0.6 is 8.86 Å². The molecule has 2 rings (SSSR count). The zero-order chi connectivity index (χ0) is 13.0. The molecule has 0 amide bonds. The number of anilines is 1. The fourth-order valence-electron chi connectivity index (χ4n) is 2.66. The lowest BCUT2D eigenvalue weighted by molar-refractivity contribution is 0.414. The van der Waals surface area contributed by atoms with Crippen LogP contribution in [0, 0.1) is 12.8 Å². The standard InChI is InChI=1S/C15H22NOP/c1-11-7-13(10-18)15(17-2)8-14(11)16-9-12-5-3-4-6-12/h7-8,10,12,16,18H,3-6,9H2,1-2H3. The van der Waals surface area contributed by atoms with Crippen LogP contribution in [0.15, 0.2) is 12.1 Å². The van der Waals surface area contributed by atoms with Gasteiger partial charge in [-0.2, -0.15) is 0 Å². The van der Waals surface area contributed by atoms with Gasteiger partial charge in [0.1, 0.15) is 5.75 Å². The SMILES string of the molecule is COc1cc(NCC2CCCC2)c(C)cc1C=P. The van der Waals surface area contributed by atoms with Crippen molar-refractivity contribution in [3.8, 4) is 5.75 Å². The van der Waals surface area contributed by atoms with Gasteiger partial charge in [-0.1, -0.05) is 12.8 Å². The van der Waals surface area contributed by atoms with Gasteiger partial charge in [-0.05, 0) is 43.1 Å². The molecule has 98 valence electrons. The van der Waals surface area contributed by atoms with Crippen LogP contribution in [0.25, 0.3) is 0 Å². The first-order chi connectivity index (χ1) is 8.74. The Balaban J connectivity index is 2.09. The average Bonchev–Trinajstić information content (AvgIpc) is 2.90. The Morgan fingerprint density at radius 1 is 1.39 bits per heavy atom. The van der Waals surface area contributed by atoms with Crippen LogP contribution in [-0.4, -0.2) is 19.5 Å². The lowest BCUT2D eigenvalue weighted by Gasteiger charge is -2.16.